The molecule has 106 valence electrons. The maximum absolute atomic E-state index is 6.01. The average Bonchev–Trinajstić information content (AvgIpc) is 2.46. The second kappa shape index (κ2) is 7.36. The van der Waals surface area contributed by atoms with Gasteiger partial charge in [0.25, 0.3) is 0 Å². The molecule has 1 aliphatic heterocycles. The minimum absolute atomic E-state index is 0.287. The van der Waals surface area contributed by atoms with Crippen LogP contribution >= 0.6 is 0 Å². The Hall–Kier alpha value is -1.26. The average molecular weight is 265 g/mol. The summed E-state index contributed by atoms with van der Waals surface area (Å²) in [5.74, 6) is 0.746. The van der Waals surface area contributed by atoms with Gasteiger partial charge in [0, 0.05) is 5.56 Å². The number of rotatable bonds is 6. The monoisotopic (exact) mass is 265 g/mol. The highest BCUT2D eigenvalue weighted by atomic mass is 16.7. The lowest BCUT2D eigenvalue weighted by atomic mass is 10.1. The van der Waals surface area contributed by atoms with Crippen molar-refractivity contribution in [3.8, 4) is 5.75 Å². The lowest BCUT2D eigenvalue weighted by molar-refractivity contribution is -0.183. The molecule has 1 aliphatic rings. The van der Waals surface area contributed by atoms with Crippen molar-refractivity contribution in [2.24, 2.45) is 0 Å². The van der Waals surface area contributed by atoms with Crippen LogP contribution in [0.5, 0.6) is 5.75 Å². The quantitative estimate of drug-likeness (QED) is 0.633. The van der Waals surface area contributed by atoms with Gasteiger partial charge in [-0.1, -0.05) is 25.8 Å². The summed E-state index contributed by atoms with van der Waals surface area (Å²) >= 11 is 0. The van der Waals surface area contributed by atoms with E-state index in [2.05, 4.69) is 6.92 Å². The van der Waals surface area contributed by atoms with Crippen molar-refractivity contribution in [3.63, 3.8) is 0 Å². The van der Waals surface area contributed by atoms with Gasteiger partial charge in [0.1, 0.15) is 5.75 Å². The number of benzene rings is 1. The third kappa shape index (κ3) is 4.11. The first-order valence-corrected chi connectivity index (χ1v) is 7.06. The fourth-order valence-corrected chi connectivity index (χ4v) is 2.06. The molecule has 2 N–H and O–H groups in total. The van der Waals surface area contributed by atoms with E-state index in [9.17, 15) is 0 Å². The van der Waals surface area contributed by atoms with Gasteiger partial charge in [0.15, 0.2) is 6.29 Å². The fraction of sp³-hybridized carbons (Fsp3) is 0.600. The number of nitrogens with two attached hydrogens (primary N) is 1. The van der Waals surface area contributed by atoms with Crippen LogP contribution in [0.3, 0.4) is 0 Å². The summed E-state index contributed by atoms with van der Waals surface area (Å²) in [6.45, 7) is 4.36. The lowest BCUT2D eigenvalue weighted by Crippen LogP contribution is -2.17. The smallest absolute Gasteiger partial charge is 0.183 e. The van der Waals surface area contributed by atoms with E-state index < -0.39 is 0 Å². The molecule has 0 saturated carbocycles. The predicted octanol–water partition coefficient (Wildman–Crippen LogP) is 3.27. The molecule has 1 saturated heterocycles. The SMILES string of the molecule is CCCCCOc1ccc(C2OCCCO2)cc1N. The lowest BCUT2D eigenvalue weighted by Gasteiger charge is -2.24. The van der Waals surface area contributed by atoms with E-state index in [1.165, 1.54) is 12.8 Å². The van der Waals surface area contributed by atoms with Crippen LogP contribution in [-0.4, -0.2) is 19.8 Å². The van der Waals surface area contributed by atoms with Gasteiger partial charge in [-0.3, -0.25) is 0 Å². The highest BCUT2D eigenvalue weighted by Crippen LogP contribution is 2.29. The molecule has 4 nitrogen and oxygen atoms in total. The van der Waals surface area contributed by atoms with Crippen molar-refractivity contribution >= 4 is 5.69 Å². The number of hydrogen-bond donors (Lipinski definition) is 1. The summed E-state index contributed by atoms with van der Waals surface area (Å²) in [7, 11) is 0. The molecule has 1 aromatic carbocycles. The molecule has 2 rings (SSSR count). The summed E-state index contributed by atoms with van der Waals surface area (Å²) < 4.78 is 16.8. The number of anilines is 1. The van der Waals surface area contributed by atoms with Gasteiger partial charge in [-0.15, -0.1) is 0 Å². The largest absolute Gasteiger partial charge is 0.491 e. The van der Waals surface area contributed by atoms with Crippen molar-refractivity contribution in [2.75, 3.05) is 25.6 Å². The van der Waals surface area contributed by atoms with Crippen LogP contribution < -0.4 is 10.5 Å². The van der Waals surface area contributed by atoms with Crippen LogP contribution in [0.2, 0.25) is 0 Å². The summed E-state index contributed by atoms with van der Waals surface area (Å²) in [6.07, 6.45) is 4.10. The van der Waals surface area contributed by atoms with E-state index in [0.29, 0.717) is 12.3 Å². The summed E-state index contributed by atoms with van der Waals surface area (Å²) in [4.78, 5) is 0. The van der Waals surface area contributed by atoms with E-state index >= 15 is 0 Å². The highest BCUT2D eigenvalue weighted by Gasteiger charge is 2.17. The zero-order chi connectivity index (χ0) is 13.5. The van der Waals surface area contributed by atoms with Gasteiger partial charge in [-0.2, -0.15) is 0 Å². The zero-order valence-corrected chi connectivity index (χ0v) is 11.6. The summed E-state index contributed by atoms with van der Waals surface area (Å²) in [5, 5.41) is 0. The molecule has 19 heavy (non-hydrogen) atoms. The summed E-state index contributed by atoms with van der Waals surface area (Å²) in [5.41, 5.74) is 7.61. The Morgan fingerprint density at radius 2 is 2.05 bits per heavy atom. The molecular formula is C15H23NO3. The van der Waals surface area contributed by atoms with Crippen molar-refractivity contribution < 1.29 is 14.2 Å². The van der Waals surface area contributed by atoms with E-state index in [4.69, 9.17) is 19.9 Å². The normalized spacial score (nSPS) is 16.5. The fourth-order valence-electron chi connectivity index (χ4n) is 2.06. The Morgan fingerprint density at radius 1 is 1.26 bits per heavy atom. The van der Waals surface area contributed by atoms with E-state index in [1.807, 2.05) is 18.2 Å². The molecule has 0 spiro atoms. The molecule has 0 aliphatic carbocycles. The molecule has 0 atom stereocenters. The maximum Gasteiger partial charge on any atom is 0.183 e. The molecule has 4 heteroatoms. The predicted molar refractivity (Wildman–Crippen MR) is 75.1 cm³/mol. The highest BCUT2D eigenvalue weighted by molar-refractivity contribution is 5.54. The number of ether oxygens (including phenoxy) is 3. The maximum atomic E-state index is 6.01. The van der Waals surface area contributed by atoms with E-state index in [-0.39, 0.29) is 6.29 Å². The first-order chi connectivity index (χ1) is 9.31. The Labute approximate surface area is 114 Å². The second-order valence-corrected chi connectivity index (χ2v) is 4.78. The minimum atomic E-state index is -0.287. The van der Waals surface area contributed by atoms with Crippen LogP contribution in [-0.2, 0) is 9.47 Å². The van der Waals surface area contributed by atoms with Crippen molar-refractivity contribution in [1.29, 1.82) is 0 Å². The Bertz CT molecular complexity index is 389. The molecule has 0 aromatic heterocycles. The van der Waals surface area contributed by atoms with E-state index in [1.54, 1.807) is 0 Å². The van der Waals surface area contributed by atoms with Gasteiger partial charge in [0.05, 0.1) is 25.5 Å². The molecular weight excluding hydrogens is 242 g/mol. The van der Waals surface area contributed by atoms with Crippen LogP contribution in [0.1, 0.15) is 44.5 Å². The minimum Gasteiger partial charge on any atom is -0.491 e. The molecule has 0 bridgehead atoms. The standard InChI is InChI=1S/C15H23NO3/c1-2-3-4-8-17-14-7-6-12(11-13(14)16)15-18-9-5-10-19-15/h6-7,11,15H,2-5,8-10,16H2,1H3. The second-order valence-electron chi connectivity index (χ2n) is 4.78. The van der Waals surface area contributed by atoms with Crippen LogP contribution in [0.15, 0.2) is 18.2 Å². The zero-order valence-electron chi connectivity index (χ0n) is 11.6. The number of hydrogen-bond acceptors (Lipinski definition) is 4. The van der Waals surface area contributed by atoms with Crippen molar-refractivity contribution in [2.45, 2.75) is 38.9 Å². The molecule has 1 fully saturated rings. The topological polar surface area (TPSA) is 53.7 Å². The van der Waals surface area contributed by atoms with Crippen molar-refractivity contribution in [1.82, 2.24) is 0 Å². The van der Waals surface area contributed by atoms with Crippen LogP contribution in [0.25, 0.3) is 0 Å². The number of unbranched alkanes of at least 4 members (excludes halogenated alkanes) is 2. The van der Waals surface area contributed by atoms with Gasteiger partial charge < -0.3 is 19.9 Å². The molecule has 0 amide bonds. The van der Waals surface area contributed by atoms with Gasteiger partial charge in [0.2, 0.25) is 0 Å². The molecule has 0 unspecified atom stereocenters. The van der Waals surface area contributed by atoms with Crippen molar-refractivity contribution in [3.05, 3.63) is 23.8 Å². The molecule has 1 heterocycles. The van der Waals surface area contributed by atoms with Crippen LogP contribution in [0, 0.1) is 0 Å². The first-order valence-electron chi connectivity index (χ1n) is 7.06. The Morgan fingerprint density at radius 3 is 2.74 bits per heavy atom. The van der Waals surface area contributed by atoms with E-state index in [0.717, 1.165) is 37.4 Å². The van der Waals surface area contributed by atoms with Crippen LogP contribution in [0.4, 0.5) is 5.69 Å². The van der Waals surface area contributed by atoms with Gasteiger partial charge in [-0.25, -0.2) is 0 Å². The third-order valence-electron chi connectivity index (χ3n) is 3.14. The molecule has 0 radical (unpaired) electrons. The van der Waals surface area contributed by atoms with Gasteiger partial charge in [-0.05, 0) is 25.0 Å². The summed E-state index contributed by atoms with van der Waals surface area (Å²) in [6, 6.07) is 5.74. The number of nitrogen functional groups attached to an aromatic ring is 1. The Balaban J connectivity index is 1.92. The van der Waals surface area contributed by atoms with Gasteiger partial charge >= 0.3 is 0 Å². The molecule has 1 aromatic rings. The third-order valence-corrected chi connectivity index (χ3v) is 3.14. The Kier molecular flexibility index (Phi) is 5.48. The first kappa shape index (κ1) is 14.2.